The fraction of sp³-hybridized carbons (Fsp3) is 0.625. The zero-order chi connectivity index (χ0) is 8.27. The summed E-state index contributed by atoms with van der Waals surface area (Å²) in [5, 5.41) is 4.17. The quantitative estimate of drug-likeness (QED) is 0.692. The van der Waals surface area contributed by atoms with E-state index < -0.39 is 0 Å². The van der Waals surface area contributed by atoms with Gasteiger partial charge in [0, 0.05) is 12.5 Å². The number of aromatic nitrogens is 2. The van der Waals surface area contributed by atoms with Crippen molar-refractivity contribution in [2.24, 2.45) is 5.92 Å². The van der Waals surface area contributed by atoms with Crippen molar-refractivity contribution >= 4 is 11.9 Å². The second-order valence-corrected chi connectivity index (χ2v) is 3.77. The van der Waals surface area contributed by atoms with Crippen LogP contribution >= 0.6 is 11.9 Å². The summed E-state index contributed by atoms with van der Waals surface area (Å²) in [6.07, 6.45) is 7.17. The number of hydrogen-bond donors (Lipinski definition) is 0. The van der Waals surface area contributed by atoms with Gasteiger partial charge < -0.3 is 0 Å². The molecular formula is C8H14N2S. The molecule has 0 aliphatic carbocycles. The average molecular weight is 170 g/mol. The van der Waals surface area contributed by atoms with Crippen molar-refractivity contribution < 1.29 is 0 Å². The minimum Gasteiger partial charge on any atom is -0.214 e. The van der Waals surface area contributed by atoms with Gasteiger partial charge in [-0.15, -0.1) is 0 Å². The fourth-order valence-corrected chi connectivity index (χ4v) is 1.40. The van der Waals surface area contributed by atoms with Crippen molar-refractivity contribution in [3.63, 3.8) is 0 Å². The van der Waals surface area contributed by atoms with Crippen molar-refractivity contribution in [3.05, 3.63) is 18.0 Å². The summed E-state index contributed by atoms with van der Waals surface area (Å²) in [5.74, 6) is 0.717. The van der Waals surface area contributed by atoms with Crippen molar-refractivity contribution in [2.75, 3.05) is 6.26 Å². The van der Waals surface area contributed by atoms with Crippen LogP contribution in [0.3, 0.4) is 0 Å². The monoisotopic (exact) mass is 170 g/mol. The first kappa shape index (κ1) is 8.65. The molecule has 0 amide bonds. The molecule has 0 saturated heterocycles. The maximum atomic E-state index is 4.17. The summed E-state index contributed by atoms with van der Waals surface area (Å²) < 4.78 is 1.89. The smallest absolute Gasteiger partial charge is 0.0532 e. The molecule has 1 aromatic rings. The highest BCUT2D eigenvalue weighted by Gasteiger charge is 1.99. The molecule has 0 fully saturated rings. The molecule has 0 spiro atoms. The van der Waals surface area contributed by atoms with E-state index in [-0.39, 0.29) is 0 Å². The second kappa shape index (κ2) is 3.81. The second-order valence-electron chi connectivity index (χ2n) is 3.03. The lowest BCUT2D eigenvalue weighted by atomic mass is 10.1. The highest BCUT2D eigenvalue weighted by atomic mass is 32.2. The highest BCUT2D eigenvalue weighted by Crippen LogP contribution is 2.08. The van der Waals surface area contributed by atoms with Crippen LogP contribution in [0.25, 0.3) is 0 Å². The average Bonchev–Trinajstić information content (AvgIpc) is 2.34. The van der Waals surface area contributed by atoms with Crippen molar-refractivity contribution in [3.8, 4) is 0 Å². The largest absolute Gasteiger partial charge is 0.214 e. The van der Waals surface area contributed by atoms with Gasteiger partial charge in [0.2, 0.25) is 0 Å². The van der Waals surface area contributed by atoms with Crippen LogP contribution in [-0.2, 0) is 6.42 Å². The van der Waals surface area contributed by atoms with Crippen molar-refractivity contribution in [1.29, 1.82) is 0 Å². The van der Waals surface area contributed by atoms with Gasteiger partial charge in [-0.05, 0) is 29.9 Å². The third-order valence-electron chi connectivity index (χ3n) is 1.44. The molecule has 0 radical (unpaired) electrons. The van der Waals surface area contributed by atoms with Gasteiger partial charge in [-0.25, -0.2) is 4.09 Å². The van der Waals surface area contributed by atoms with E-state index in [1.165, 1.54) is 5.56 Å². The maximum Gasteiger partial charge on any atom is 0.0532 e. The van der Waals surface area contributed by atoms with Gasteiger partial charge in [-0.3, -0.25) is 0 Å². The van der Waals surface area contributed by atoms with Crippen LogP contribution in [0.5, 0.6) is 0 Å². The molecule has 62 valence electrons. The van der Waals surface area contributed by atoms with Gasteiger partial charge >= 0.3 is 0 Å². The molecule has 3 heteroatoms. The van der Waals surface area contributed by atoms with Gasteiger partial charge in [-0.2, -0.15) is 5.10 Å². The van der Waals surface area contributed by atoms with Gasteiger partial charge in [0.1, 0.15) is 0 Å². The first-order valence-corrected chi connectivity index (χ1v) is 4.98. The predicted molar refractivity (Wildman–Crippen MR) is 49.7 cm³/mol. The summed E-state index contributed by atoms with van der Waals surface area (Å²) in [4.78, 5) is 0. The van der Waals surface area contributed by atoms with Crippen LogP contribution in [0, 0.1) is 5.92 Å². The van der Waals surface area contributed by atoms with E-state index in [0.717, 1.165) is 12.3 Å². The van der Waals surface area contributed by atoms with Crippen LogP contribution in [-0.4, -0.2) is 15.4 Å². The van der Waals surface area contributed by atoms with Crippen molar-refractivity contribution in [1.82, 2.24) is 9.19 Å². The molecule has 0 N–H and O–H groups in total. The Balaban J connectivity index is 2.58. The van der Waals surface area contributed by atoms with Gasteiger partial charge in [0.25, 0.3) is 0 Å². The van der Waals surface area contributed by atoms with Crippen molar-refractivity contribution in [2.45, 2.75) is 20.3 Å². The van der Waals surface area contributed by atoms with Crippen LogP contribution in [0.1, 0.15) is 19.4 Å². The van der Waals surface area contributed by atoms with Crippen LogP contribution < -0.4 is 0 Å². The zero-order valence-corrected chi connectivity index (χ0v) is 8.06. The molecule has 0 saturated carbocycles. The van der Waals surface area contributed by atoms with E-state index in [4.69, 9.17) is 0 Å². The number of rotatable bonds is 3. The molecule has 2 nitrogen and oxygen atoms in total. The van der Waals surface area contributed by atoms with E-state index in [1.54, 1.807) is 11.9 Å². The van der Waals surface area contributed by atoms with E-state index in [0.29, 0.717) is 0 Å². The van der Waals surface area contributed by atoms with E-state index in [1.807, 2.05) is 16.5 Å². The molecular weight excluding hydrogens is 156 g/mol. The topological polar surface area (TPSA) is 17.8 Å². The molecule has 1 rings (SSSR count). The Morgan fingerprint density at radius 3 is 2.82 bits per heavy atom. The fourth-order valence-electron chi connectivity index (χ4n) is 1.02. The summed E-state index contributed by atoms with van der Waals surface area (Å²) in [5.41, 5.74) is 1.33. The molecule has 1 heterocycles. The van der Waals surface area contributed by atoms with Gasteiger partial charge in [-0.1, -0.05) is 13.8 Å². The molecule has 0 atom stereocenters. The Hall–Kier alpha value is -0.440. The molecule has 0 bridgehead atoms. The molecule has 0 aliphatic heterocycles. The number of hydrogen-bond acceptors (Lipinski definition) is 2. The lowest BCUT2D eigenvalue weighted by Gasteiger charge is -1.98. The third kappa shape index (κ3) is 2.58. The van der Waals surface area contributed by atoms with Crippen LogP contribution in [0.4, 0.5) is 0 Å². The Kier molecular flexibility index (Phi) is 3.00. The summed E-state index contributed by atoms with van der Waals surface area (Å²) in [6, 6.07) is 0. The Bertz CT molecular complexity index is 218. The number of nitrogens with zero attached hydrogens (tertiary/aromatic N) is 2. The van der Waals surface area contributed by atoms with Gasteiger partial charge in [0.05, 0.1) is 6.20 Å². The zero-order valence-electron chi connectivity index (χ0n) is 7.24. The van der Waals surface area contributed by atoms with Gasteiger partial charge in [0.15, 0.2) is 0 Å². The maximum absolute atomic E-state index is 4.17. The summed E-state index contributed by atoms with van der Waals surface area (Å²) >= 11 is 1.62. The first-order valence-electron chi connectivity index (χ1n) is 3.80. The minimum absolute atomic E-state index is 0.717. The Morgan fingerprint density at radius 1 is 1.64 bits per heavy atom. The normalized spacial score (nSPS) is 10.9. The van der Waals surface area contributed by atoms with E-state index in [2.05, 4.69) is 25.1 Å². The lowest BCUT2D eigenvalue weighted by molar-refractivity contribution is 0.647. The molecule has 0 unspecified atom stereocenters. The van der Waals surface area contributed by atoms with E-state index >= 15 is 0 Å². The summed E-state index contributed by atoms with van der Waals surface area (Å²) in [6.45, 7) is 4.44. The SMILES string of the molecule is CSn1cc(CC(C)C)cn1. The molecule has 0 aromatic carbocycles. The van der Waals surface area contributed by atoms with Crippen LogP contribution in [0.15, 0.2) is 12.4 Å². The molecule has 1 aromatic heterocycles. The first-order chi connectivity index (χ1) is 5.22. The Labute approximate surface area is 72.1 Å². The molecule has 0 aliphatic rings. The standard InChI is InChI=1S/C8H14N2S/c1-7(2)4-8-5-9-10(6-8)11-3/h5-7H,4H2,1-3H3. The Morgan fingerprint density at radius 2 is 2.36 bits per heavy atom. The minimum atomic E-state index is 0.717. The summed E-state index contributed by atoms with van der Waals surface area (Å²) in [7, 11) is 0. The lowest BCUT2D eigenvalue weighted by Crippen LogP contribution is -1.91. The molecule has 11 heavy (non-hydrogen) atoms. The predicted octanol–water partition coefficient (Wildman–Crippen LogP) is 2.21. The van der Waals surface area contributed by atoms with E-state index in [9.17, 15) is 0 Å². The third-order valence-corrected chi connectivity index (χ3v) is 2.02. The van der Waals surface area contributed by atoms with Crippen LogP contribution in [0.2, 0.25) is 0 Å². The highest BCUT2D eigenvalue weighted by molar-refractivity contribution is 7.97.